The zero-order valence-corrected chi connectivity index (χ0v) is 11.3. The van der Waals surface area contributed by atoms with Crippen molar-refractivity contribution in [3.05, 3.63) is 52.8 Å². The van der Waals surface area contributed by atoms with E-state index in [4.69, 9.17) is 0 Å². The summed E-state index contributed by atoms with van der Waals surface area (Å²) in [5, 5.41) is 19.4. The molecular formula is C14H8BrN3O. The number of hydrogen-bond donors (Lipinski definition) is 1. The molecule has 92 valence electrons. The number of nitriles is 1. The highest BCUT2D eigenvalue weighted by molar-refractivity contribution is 9.10. The summed E-state index contributed by atoms with van der Waals surface area (Å²) in [5.41, 5.74) is 2.09. The first-order chi connectivity index (χ1) is 9.22. The highest BCUT2D eigenvalue weighted by atomic mass is 79.9. The van der Waals surface area contributed by atoms with E-state index in [2.05, 4.69) is 27.0 Å². The van der Waals surface area contributed by atoms with Crippen molar-refractivity contribution in [3.8, 4) is 17.5 Å². The van der Waals surface area contributed by atoms with Gasteiger partial charge in [-0.05, 0) is 52.3 Å². The van der Waals surface area contributed by atoms with Crippen LogP contribution in [-0.2, 0) is 0 Å². The summed E-state index contributed by atoms with van der Waals surface area (Å²) in [5.74, 6) is 0.199. The first-order valence-electron chi connectivity index (χ1n) is 5.57. The van der Waals surface area contributed by atoms with E-state index in [0.717, 1.165) is 11.1 Å². The molecule has 0 unspecified atom stereocenters. The Morgan fingerprint density at radius 3 is 2.63 bits per heavy atom. The molecule has 4 nitrogen and oxygen atoms in total. The maximum atomic E-state index is 9.35. The van der Waals surface area contributed by atoms with Crippen molar-refractivity contribution in [1.29, 1.82) is 5.26 Å². The summed E-state index contributed by atoms with van der Waals surface area (Å²) in [7, 11) is 0. The lowest BCUT2D eigenvalue weighted by atomic mass is 10.2. The third kappa shape index (κ3) is 1.77. The van der Waals surface area contributed by atoms with Gasteiger partial charge in [0.05, 0.1) is 5.56 Å². The van der Waals surface area contributed by atoms with Crippen LogP contribution in [0.5, 0.6) is 5.75 Å². The summed E-state index contributed by atoms with van der Waals surface area (Å²) < 4.78 is 2.50. The molecule has 19 heavy (non-hydrogen) atoms. The number of aromatic hydroxyl groups is 1. The maximum absolute atomic E-state index is 9.35. The van der Waals surface area contributed by atoms with Gasteiger partial charge in [-0.25, -0.2) is 4.98 Å². The van der Waals surface area contributed by atoms with E-state index >= 15 is 0 Å². The predicted octanol–water partition coefficient (Wildman–Crippen LogP) is 3.37. The van der Waals surface area contributed by atoms with Crippen molar-refractivity contribution in [2.24, 2.45) is 0 Å². The number of phenols is 1. The number of benzene rings is 1. The largest absolute Gasteiger partial charge is 0.508 e. The molecule has 0 aliphatic carbocycles. The molecule has 0 radical (unpaired) electrons. The monoisotopic (exact) mass is 313 g/mol. The van der Waals surface area contributed by atoms with Crippen molar-refractivity contribution in [2.75, 3.05) is 0 Å². The lowest BCUT2D eigenvalue weighted by Gasteiger charge is -2.06. The molecule has 0 saturated carbocycles. The van der Waals surface area contributed by atoms with Crippen LogP contribution in [0.4, 0.5) is 0 Å². The fraction of sp³-hybridized carbons (Fsp3) is 0. The molecule has 2 aromatic heterocycles. The van der Waals surface area contributed by atoms with Gasteiger partial charge in [-0.15, -0.1) is 0 Å². The molecule has 5 heteroatoms. The van der Waals surface area contributed by atoms with Gasteiger partial charge in [0.15, 0.2) is 0 Å². The minimum Gasteiger partial charge on any atom is -0.508 e. The molecule has 1 N–H and O–H groups in total. The lowest BCUT2D eigenvalue weighted by Crippen LogP contribution is -1.95. The summed E-state index contributed by atoms with van der Waals surface area (Å²) >= 11 is 3.45. The zero-order chi connectivity index (χ0) is 13.4. The Bertz CT molecular complexity index is 800. The molecule has 2 heterocycles. The molecule has 3 rings (SSSR count). The maximum Gasteiger partial charge on any atom is 0.146 e. The normalized spacial score (nSPS) is 10.5. The van der Waals surface area contributed by atoms with E-state index in [9.17, 15) is 10.4 Å². The number of halogens is 1. The Kier molecular flexibility index (Phi) is 2.73. The third-order valence-electron chi connectivity index (χ3n) is 2.89. The fourth-order valence-corrected chi connectivity index (χ4v) is 2.70. The molecule has 1 aromatic carbocycles. The first-order valence-corrected chi connectivity index (χ1v) is 6.36. The van der Waals surface area contributed by atoms with Crippen molar-refractivity contribution in [1.82, 2.24) is 9.55 Å². The van der Waals surface area contributed by atoms with Gasteiger partial charge in [-0.2, -0.15) is 5.26 Å². The number of nitrogens with zero attached hydrogens (tertiary/aromatic N) is 3. The minimum absolute atomic E-state index is 0.199. The number of pyridine rings is 1. The van der Waals surface area contributed by atoms with E-state index in [1.54, 1.807) is 36.5 Å². The van der Waals surface area contributed by atoms with Crippen LogP contribution in [-0.4, -0.2) is 14.7 Å². The van der Waals surface area contributed by atoms with Crippen molar-refractivity contribution in [3.63, 3.8) is 0 Å². The molecular weight excluding hydrogens is 306 g/mol. The average Bonchev–Trinajstić information content (AvgIpc) is 2.71. The predicted molar refractivity (Wildman–Crippen MR) is 75.1 cm³/mol. The Morgan fingerprint density at radius 2 is 1.95 bits per heavy atom. The highest BCUT2D eigenvalue weighted by Crippen LogP contribution is 2.31. The topological polar surface area (TPSA) is 61.8 Å². The Labute approximate surface area is 117 Å². The number of hydrogen-bond acceptors (Lipinski definition) is 3. The van der Waals surface area contributed by atoms with E-state index in [1.165, 1.54) is 0 Å². The first kappa shape index (κ1) is 11.8. The van der Waals surface area contributed by atoms with Gasteiger partial charge in [0, 0.05) is 17.3 Å². The standard InChI is InChI=1S/C14H8BrN3O/c15-13-12(8-16)11-2-1-7-17-14(11)18(13)9-3-5-10(19)6-4-9/h1-7,19H. The molecule has 0 saturated heterocycles. The van der Waals surface area contributed by atoms with E-state index in [0.29, 0.717) is 15.8 Å². The molecule has 0 aliphatic rings. The van der Waals surface area contributed by atoms with Gasteiger partial charge in [0.1, 0.15) is 22.1 Å². The van der Waals surface area contributed by atoms with Gasteiger partial charge >= 0.3 is 0 Å². The molecule has 0 atom stereocenters. The summed E-state index contributed by atoms with van der Waals surface area (Å²) in [6, 6.07) is 12.6. The van der Waals surface area contributed by atoms with Gasteiger partial charge in [-0.1, -0.05) is 0 Å². The second-order valence-electron chi connectivity index (χ2n) is 4.00. The number of rotatable bonds is 1. The van der Waals surface area contributed by atoms with Gasteiger partial charge in [0.25, 0.3) is 0 Å². The van der Waals surface area contributed by atoms with Gasteiger partial charge in [0.2, 0.25) is 0 Å². The minimum atomic E-state index is 0.199. The van der Waals surface area contributed by atoms with Crippen LogP contribution in [0.25, 0.3) is 16.7 Å². The smallest absolute Gasteiger partial charge is 0.146 e. The number of aromatic nitrogens is 2. The van der Waals surface area contributed by atoms with Gasteiger partial charge < -0.3 is 5.11 Å². The van der Waals surface area contributed by atoms with Crippen molar-refractivity contribution < 1.29 is 5.11 Å². The van der Waals surface area contributed by atoms with E-state index in [1.807, 2.05) is 10.6 Å². The molecule has 3 aromatic rings. The highest BCUT2D eigenvalue weighted by Gasteiger charge is 2.16. The van der Waals surface area contributed by atoms with Gasteiger partial charge in [-0.3, -0.25) is 4.57 Å². The Hall–Kier alpha value is -2.32. The molecule has 0 aliphatic heterocycles. The number of phenolic OH excluding ortho intramolecular Hbond substituents is 1. The molecule has 0 fully saturated rings. The van der Waals surface area contributed by atoms with E-state index < -0.39 is 0 Å². The van der Waals surface area contributed by atoms with Crippen LogP contribution in [0.2, 0.25) is 0 Å². The quantitative estimate of drug-likeness (QED) is 0.749. The zero-order valence-electron chi connectivity index (χ0n) is 9.71. The Morgan fingerprint density at radius 1 is 1.21 bits per heavy atom. The third-order valence-corrected chi connectivity index (χ3v) is 3.64. The fourth-order valence-electron chi connectivity index (χ4n) is 2.03. The summed E-state index contributed by atoms with van der Waals surface area (Å²) in [4.78, 5) is 4.33. The number of fused-ring (bicyclic) bond motifs is 1. The van der Waals surface area contributed by atoms with Crippen LogP contribution in [0.15, 0.2) is 47.2 Å². The van der Waals surface area contributed by atoms with Crippen molar-refractivity contribution in [2.45, 2.75) is 0 Å². The summed E-state index contributed by atoms with van der Waals surface area (Å²) in [6.45, 7) is 0. The van der Waals surface area contributed by atoms with Crippen molar-refractivity contribution >= 4 is 27.0 Å². The van der Waals surface area contributed by atoms with Crippen LogP contribution in [0.1, 0.15) is 5.56 Å². The van der Waals surface area contributed by atoms with E-state index in [-0.39, 0.29) is 5.75 Å². The molecule has 0 spiro atoms. The molecule has 0 amide bonds. The van der Waals surface area contributed by atoms with Crippen LogP contribution in [0.3, 0.4) is 0 Å². The SMILES string of the molecule is N#Cc1c(Br)n(-c2ccc(O)cc2)c2ncccc12. The summed E-state index contributed by atoms with van der Waals surface area (Å²) in [6.07, 6.45) is 1.69. The van der Waals surface area contributed by atoms with Crippen LogP contribution < -0.4 is 0 Å². The lowest BCUT2D eigenvalue weighted by molar-refractivity contribution is 0.475. The van der Waals surface area contributed by atoms with Crippen LogP contribution in [0, 0.1) is 11.3 Å². The Balaban J connectivity index is 2.38. The average molecular weight is 314 g/mol. The second kappa shape index (κ2) is 4.41. The second-order valence-corrected chi connectivity index (χ2v) is 4.76. The van der Waals surface area contributed by atoms with Crippen LogP contribution >= 0.6 is 15.9 Å². The molecule has 0 bridgehead atoms.